The lowest BCUT2D eigenvalue weighted by Crippen LogP contribution is -2.34. The second kappa shape index (κ2) is 10.2. The van der Waals surface area contributed by atoms with Gasteiger partial charge in [-0.3, -0.25) is 9.59 Å². The Morgan fingerprint density at radius 1 is 1.22 bits per heavy atom. The van der Waals surface area contributed by atoms with E-state index in [0.717, 1.165) is 10.6 Å². The zero-order valence-corrected chi connectivity index (χ0v) is 18.6. The summed E-state index contributed by atoms with van der Waals surface area (Å²) >= 11 is 7.18. The van der Waals surface area contributed by atoms with Crippen molar-refractivity contribution in [2.75, 3.05) is 18.6 Å². The third kappa shape index (κ3) is 5.41. The number of ketones is 1. The Balaban J connectivity index is 1.66. The van der Waals surface area contributed by atoms with E-state index in [1.807, 2.05) is 30.3 Å². The van der Waals surface area contributed by atoms with Crippen LogP contribution in [0.1, 0.15) is 18.0 Å². The molecule has 0 fully saturated rings. The smallest absolute Gasteiger partial charge is 0.312 e. The van der Waals surface area contributed by atoms with Gasteiger partial charge in [0.25, 0.3) is 0 Å². The van der Waals surface area contributed by atoms with E-state index in [1.165, 1.54) is 11.8 Å². The summed E-state index contributed by atoms with van der Waals surface area (Å²) < 4.78 is 5.10. The largest absolute Gasteiger partial charge is 0.457 e. The molecule has 0 spiro atoms. The van der Waals surface area contributed by atoms with Gasteiger partial charge in [-0.2, -0.15) is 5.26 Å². The van der Waals surface area contributed by atoms with E-state index in [1.54, 1.807) is 36.2 Å². The topological polar surface area (TPSA) is 126 Å². The number of ether oxygens (including phenoxy) is 1. The first kappa shape index (κ1) is 23.2. The standard InChI is InChI=1S/C22H19ClN4O4S/c1-27-17-4-2-3-5-19(17)32-21(27)15(11-24)18(28)12-31-20(29)10-16(26-22(25)30)13-6-8-14(23)9-7-13/h2-9,16H,10,12H2,1H3,(H3,25,26,30)/b21-15-/t16-/m1/s1. The summed E-state index contributed by atoms with van der Waals surface area (Å²) in [6.45, 7) is -0.597. The highest BCUT2D eigenvalue weighted by Crippen LogP contribution is 2.46. The number of anilines is 1. The number of thioether (sulfide) groups is 1. The summed E-state index contributed by atoms with van der Waals surface area (Å²) in [5.74, 6) is -1.35. The molecule has 2 aromatic rings. The highest BCUT2D eigenvalue weighted by Gasteiger charge is 2.28. The molecule has 8 nitrogen and oxygen atoms in total. The molecule has 1 aliphatic rings. The molecule has 0 saturated carbocycles. The zero-order valence-electron chi connectivity index (χ0n) is 17.0. The summed E-state index contributed by atoms with van der Waals surface area (Å²) in [5, 5.41) is 13.0. The van der Waals surface area contributed by atoms with Gasteiger partial charge in [0, 0.05) is 17.0 Å². The Bertz CT molecular complexity index is 1130. The van der Waals surface area contributed by atoms with Crippen LogP contribution >= 0.6 is 23.4 Å². The van der Waals surface area contributed by atoms with Crippen LogP contribution < -0.4 is 16.0 Å². The summed E-state index contributed by atoms with van der Waals surface area (Å²) in [5.41, 5.74) is 6.59. The van der Waals surface area contributed by atoms with Gasteiger partial charge in [-0.05, 0) is 29.8 Å². The molecule has 0 saturated heterocycles. The van der Waals surface area contributed by atoms with Crippen LogP contribution in [0.4, 0.5) is 10.5 Å². The molecular formula is C22H19ClN4O4S. The highest BCUT2D eigenvalue weighted by molar-refractivity contribution is 8.03. The first-order chi connectivity index (χ1) is 15.3. The number of para-hydroxylation sites is 1. The molecule has 0 aromatic heterocycles. The van der Waals surface area contributed by atoms with Gasteiger partial charge in [0.1, 0.15) is 16.7 Å². The van der Waals surface area contributed by atoms with E-state index >= 15 is 0 Å². The average Bonchev–Trinajstić information content (AvgIpc) is 3.09. The van der Waals surface area contributed by atoms with Crippen molar-refractivity contribution in [1.82, 2.24) is 5.32 Å². The number of Topliss-reactive ketones (excluding diaryl/α,β-unsaturated/α-hetero) is 1. The number of nitrogens with zero attached hydrogens (tertiary/aromatic N) is 2. The number of halogens is 1. The highest BCUT2D eigenvalue weighted by atomic mass is 35.5. The number of amides is 2. The Kier molecular flexibility index (Phi) is 7.41. The molecule has 32 heavy (non-hydrogen) atoms. The quantitative estimate of drug-likeness (QED) is 0.360. The number of hydrogen-bond acceptors (Lipinski definition) is 7. The minimum Gasteiger partial charge on any atom is -0.457 e. The molecule has 0 bridgehead atoms. The Morgan fingerprint density at radius 2 is 1.91 bits per heavy atom. The Labute approximate surface area is 194 Å². The molecule has 164 valence electrons. The van der Waals surface area contributed by atoms with Crippen molar-refractivity contribution in [3.63, 3.8) is 0 Å². The molecule has 2 aromatic carbocycles. The van der Waals surface area contributed by atoms with Gasteiger partial charge in [-0.25, -0.2) is 4.79 Å². The zero-order chi connectivity index (χ0) is 23.3. The van der Waals surface area contributed by atoms with Gasteiger partial charge in [-0.15, -0.1) is 0 Å². The number of fused-ring (bicyclic) bond motifs is 1. The van der Waals surface area contributed by atoms with Crippen LogP contribution in [0.2, 0.25) is 5.02 Å². The van der Waals surface area contributed by atoms with Crippen molar-refractivity contribution >= 4 is 46.8 Å². The number of rotatable bonds is 7. The first-order valence-corrected chi connectivity index (χ1v) is 10.6. The summed E-state index contributed by atoms with van der Waals surface area (Å²) in [6.07, 6.45) is -0.254. The van der Waals surface area contributed by atoms with E-state index in [9.17, 15) is 19.6 Å². The van der Waals surface area contributed by atoms with Crippen LogP contribution in [0.5, 0.6) is 0 Å². The fourth-order valence-electron chi connectivity index (χ4n) is 3.11. The van der Waals surface area contributed by atoms with Crippen molar-refractivity contribution in [2.45, 2.75) is 17.4 Å². The number of carbonyl (C=O) groups excluding carboxylic acids is 3. The third-order valence-corrected chi connectivity index (χ3v) is 6.15. The molecule has 2 amide bonds. The number of esters is 1. The number of nitriles is 1. The predicted octanol–water partition coefficient (Wildman–Crippen LogP) is 3.53. The number of urea groups is 1. The fraction of sp³-hybridized carbons (Fsp3) is 0.182. The van der Waals surface area contributed by atoms with Gasteiger partial charge in [0.2, 0.25) is 5.78 Å². The van der Waals surface area contributed by atoms with Gasteiger partial charge in [0.15, 0.2) is 6.61 Å². The van der Waals surface area contributed by atoms with Gasteiger partial charge >= 0.3 is 12.0 Å². The minimum atomic E-state index is -0.814. The number of hydrogen-bond donors (Lipinski definition) is 2. The van der Waals surface area contributed by atoms with Gasteiger partial charge in [0.05, 0.1) is 18.2 Å². The maximum absolute atomic E-state index is 12.6. The SMILES string of the molecule is CN1/C(=C(\C#N)C(=O)COC(=O)C[C@@H](NC(N)=O)c2ccc(Cl)cc2)Sc2ccccc21. The van der Waals surface area contributed by atoms with Crippen molar-refractivity contribution in [1.29, 1.82) is 5.26 Å². The normalized spacial score (nSPS) is 14.7. The van der Waals surface area contributed by atoms with E-state index < -0.39 is 30.4 Å². The summed E-state index contributed by atoms with van der Waals surface area (Å²) in [6, 6.07) is 14.4. The molecular weight excluding hydrogens is 452 g/mol. The Hall–Kier alpha value is -3.48. The minimum absolute atomic E-state index is 0.0917. The molecule has 0 aliphatic carbocycles. The number of primary amides is 1. The van der Waals surface area contributed by atoms with E-state index in [-0.39, 0.29) is 12.0 Å². The molecule has 3 N–H and O–H groups in total. The average molecular weight is 471 g/mol. The van der Waals surface area contributed by atoms with Crippen LogP contribution in [-0.2, 0) is 14.3 Å². The Morgan fingerprint density at radius 3 is 2.53 bits per heavy atom. The summed E-state index contributed by atoms with van der Waals surface area (Å²) in [4.78, 5) is 39.0. The summed E-state index contributed by atoms with van der Waals surface area (Å²) in [7, 11) is 1.76. The van der Waals surface area contributed by atoms with Crippen molar-refractivity contribution in [3.05, 3.63) is 69.7 Å². The fourth-order valence-corrected chi connectivity index (χ4v) is 4.40. The van der Waals surface area contributed by atoms with Gasteiger partial charge < -0.3 is 20.7 Å². The van der Waals surface area contributed by atoms with Crippen LogP contribution in [0, 0.1) is 11.3 Å². The second-order valence-corrected chi connectivity index (χ2v) is 8.29. The monoisotopic (exact) mass is 470 g/mol. The number of nitrogens with two attached hydrogens (primary N) is 1. The predicted molar refractivity (Wildman–Crippen MR) is 121 cm³/mol. The molecule has 0 radical (unpaired) electrons. The molecule has 10 heteroatoms. The molecule has 1 atom stereocenters. The maximum atomic E-state index is 12.6. The molecule has 0 unspecified atom stereocenters. The lowest BCUT2D eigenvalue weighted by Gasteiger charge is -2.17. The van der Waals surface area contributed by atoms with E-state index in [4.69, 9.17) is 22.1 Å². The van der Waals surface area contributed by atoms with Crippen molar-refractivity contribution in [2.24, 2.45) is 5.73 Å². The lowest BCUT2D eigenvalue weighted by molar-refractivity contribution is -0.147. The van der Waals surface area contributed by atoms with Crippen LogP contribution in [0.3, 0.4) is 0 Å². The van der Waals surface area contributed by atoms with E-state index in [0.29, 0.717) is 15.6 Å². The third-order valence-electron chi connectivity index (χ3n) is 4.67. The lowest BCUT2D eigenvalue weighted by atomic mass is 10.0. The first-order valence-electron chi connectivity index (χ1n) is 9.45. The number of nitrogens with one attached hydrogen (secondary N) is 1. The van der Waals surface area contributed by atoms with E-state index in [2.05, 4.69) is 5.32 Å². The van der Waals surface area contributed by atoms with Crippen molar-refractivity contribution < 1.29 is 19.1 Å². The van der Waals surface area contributed by atoms with Crippen LogP contribution in [0.25, 0.3) is 0 Å². The van der Waals surface area contributed by atoms with Crippen LogP contribution in [-0.4, -0.2) is 31.4 Å². The molecule has 1 heterocycles. The number of carbonyl (C=O) groups is 3. The second-order valence-electron chi connectivity index (χ2n) is 6.82. The van der Waals surface area contributed by atoms with Crippen LogP contribution in [0.15, 0.2) is 64.0 Å². The van der Waals surface area contributed by atoms with Crippen molar-refractivity contribution in [3.8, 4) is 6.07 Å². The van der Waals surface area contributed by atoms with Gasteiger partial charge in [-0.1, -0.05) is 47.6 Å². The number of benzene rings is 2. The molecule has 3 rings (SSSR count). The maximum Gasteiger partial charge on any atom is 0.312 e. The molecule has 1 aliphatic heterocycles.